The van der Waals surface area contributed by atoms with Crippen LogP contribution in [0.5, 0.6) is 5.75 Å². The van der Waals surface area contributed by atoms with E-state index in [1.54, 1.807) is 19.9 Å². The molecule has 2 atom stereocenters. The fourth-order valence-electron chi connectivity index (χ4n) is 1.98. The van der Waals surface area contributed by atoms with E-state index in [1.165, 1.54) is 0 Å². The molecule has 4 nitrogen and oxygen atoms in total. The van der Waals surface area contributed by atoms with Crippen molar-refractivity contribution < 1.29 is 19.4 Å². The zero-order chi connectivity index (χ0) is 15.1. The zero-order valence-electron chi connectivity index (χ0n) is 12.7. The summed E-state index contributed by atoms with van der Waals surface area (Å²) < 4.78 is 10.8. The summed E-state index contributed by atoms with van der Waals surface area (Å²) in [5.74, 6) is 0.184. The highest BCUT2D eigenvalue weighted by Crippen LogP contribution is 2.28. The van der Waals surface area contributed by atoms with Crippen molar-refractivity contribution in [2.24, 2.45) is 0 Å². The number of aryl methyl sites for hydroxylation is 1. The van der Waals surface area contributed by atoms with Gasteiger partial charge in [0.2, 0.25) is 0 Å². The van der Waals surface area contributed by atoms with Crippen LogP contribution in [0.15, 0.2) is 18.2 Å². The number of aliphatic hydroxyl groups excluding tert-OH is 1. The van der Waals surface area contributed by atoms with Gasteiger partial charge in [0.1, 0.15) is 5.75 Å². The number of carbonyl (C=O) groups excluding carboxylic acids is 1. The van der Waals surface area contributed by atoms with Crippen molar-refractivity contribution in [2.45, 2.75) is 52.7 Å². The minimum atomic E-state index is -0.644. The smallest absolute Gasteiger partial charge is 0.347 e. The standard InChI is InChI=1S/C16H24O4/c1-5-7-15(16(18)19-6-2)20-14-9-8-11(3)10-13(14)12(4)17/h8-10,12,15,17H,5-7H2,1-4H3/t12-,15?/m1/s1. The fourth-order valence-corrected chi connectivity index (χ4v) is 1.98. The molecule has 1 aromatic rings. The van der Waals surface area contributed by atoms with Crippen LogP contribution >= 0.6 is 0 Å². The second kappa shape index (κ2) is 7.90. The van der Waals surface area contributed by atoms with Crippen molar-refractivity contribution in [1.82, 2.24) is 0 Å². The van der Waals surface area contributed by atoms with Gasteiger partial charge in [-0.3, -0.25) is 0 Å². The van der Waals surface area contributed by atoms with E-state index in [-0.39, 0.29) is 5.97 Å². The van der Waals surface area contributed by atoms with Crippen LogP contribution in [0.4, 0.5) is 0 Å². The Morgan fingerprint density at radius 3 is 2.60 bits per heavy atom. The number of carbonyl (C=O) groups is 1. The maximum atomic E-state index is 11.9. The Bertz CT molecular complexity index is 440. The summed E-state index contributed by atoms with van der Waals surface area (Å²) >= 11 is 0. The molecule has 0 amide bonds. The number of esters is 1. The molecule has 1 N–H and O–H groups in total. The lowest BCUT2D eigenvalue weighted by Gasteiger charge is -2.20. The quantitative estimate of drug-likeness (QED) is 0.779. The van der Waals surface area contributed by atoms with Gasteiger partial charge in [-0.1, -0.05) is 25.0 Å². The van der Waals surface area contributed by atoms with Crippen LogP contribution < -0.4 is 4.74 Å². The predicted octanol–water partition coefficient (Wildman–Crippen LogP) is 3.16. The van der Waals surface area contributed by atoms with Gasteiger partial charge in [0.25, 0.3) is 0 Å². The first-order chi connectivity index (χ1) is 9.49. The summed E-state index contributed by atoms with van der Waals surface area (Å²) in [4.78, 5) is 11.9. The number of aliphatic hydroxyl groups is 1. The molecule has 0 aliphatic heterocycles. The zero-order valence-corrected chi connectivity index (χ0v) is 12.7. The third-order valence-corrected chi connectivity index (χ3v) is 2.98. The van der Waals surface area contributed by atoms with Crippen LogP contribution in [0, 0.1) is 6.92 Å². The predicted molar refractivity (Wildman–Crippen MR) is 77.8 cm³/mol. The third kappa shape index (κ3) is 4.53. The molecule has 0 aromatic heterocycles. The van der Waals surface area contributed by atoms with E-state index in [9.17, 15) is 9.90 Å². The Kier molecular flexibility index (Phi) is 6.52. The Morgan fingerprint density at radius 2 is 2.05 bits per heavy atom. The van der Waals surface area contributed by atoms with Crippen LogP contribution in [0.1, 0.15) is 50.8 Å². The Labute approximate surface area is 120 Å². The summed E-state index contributed by atoms with van der Waals surface area (Å²) in [5.41, 5.74) is 1.73. The summed E-state index contributed by atoms with van der Waals surface area (Å²) in [6, 6.07) is 5.56. The van der Waals surface area contributed by atoms with Gasteiger partial charge in [-0.15, -0.1) is 0 Å². The van der Waals surface area contributed by atoms with E-state index in [0.717, 1.165) is 12.0 Å². The van der Waals surface area contributed by atoms with Crippen LogP contribution in [0.3, 0.4) is 0 Å². The highest BCUT2D eigenvalue weighted by Gasteiger charge is 2.22. The molecule has 0 spiro atoms. The molecule has 0 fully saturated rings. The molecule has 112 valence electrons. The van der Waals surface area contributed by atoms with Crippen molar-refractivity contribution in [3.8, 4) is 5.75 Å². The lowest BCUT2D eigenvalue weighted by atomic mass is 10.1. The van der Waals surface area contributed by atoms with E-state index in [4.69, 9.17) is 9.47 Å². The molecule has 0 radical (unpaired) electrons. The van der Waals surface area contributed by atoms with Gasteiger partial charge in [-0.25, -0.2) is 4.79 Å². The fraction of sp³-hybridized carbons (Fsp3) is 0.562. The van der Waals surface area contributed by atoms with Gasteiger partial charge in [-0.2, -0.15) is 0 Å². The summed E-state index contributed by atoms with van der Waals surface area (Å²) in [7, 11) is 0. The first-order valence-electron chi connectivity index (χ1n) is 7.11. The molecule has 0 aliphatic rings. The minimum Gasteiger partial charge on any atom is -0.478 e. The van der Waals surface area contributed by atoms with Gasteiger partial charge in [0.05, 0.1) is 12.7 Å². The van der Waals surface area contributed by atoms with Crippen LogP contribution in [0.2, 0.25) is 0 Å². The first kappa shape index (κ1) is 16.5. The molecular formula is C16H24O4. The normalized spacial score (nSPS) is 13.7. The maximum Gasteiger partial charge on any atom is 0.347 e. The van der Waals surface area contributed by atoms with Crippen LogP contribution in [-0.4, -0.2) is 23.8 Å². The lowest BCUT2D eigenvalue weighted by molar-refractivity contribution is -0.151. The molecule has 0 saturated carbocycles. The average Bonchev–Trinajstić information content (AvgIpc) is 2.40. The third-order valence-electron chi connectivity index (χ3n) is 2.98. The lowest BCUT2D eigenvalue weighted by Crippen LogP contribution is -2.29. The van der Waals surface area contributed by atoms with E-state index in [2.05, 4.69) is 0 Å². The Morgan fingerprint density at radius 1 is 1.35 bits per heavy atom. The Balaban J connectivity index is 2.95. The summed E-state index contributed by atoms with van der Waals surface area (Å²) in [5, 5.41) is 9.82. The molecule has 0 bridgehead atoms. The van der Waals surface area contributed by atoms with E-state index in [0.29, 0.717) is 24.3 Å². The second-order valence-corrected chi connectivity index (χ2v) is 4.86. The molecule has 1 rings (SSSR count). The number of benzene rings is 1. The summed E-state index contributed by atoms with van der Waals surface area (Å²) in [6.07, 6.45) is 0.139. The van der Waals surface area contributed by atoms with Crippen molar-refractivity contribution >= 4 is 5.97 Å². The SMILES string of the molecule is CCCC(Oc1ccc(C)cc1[C@@H](C)O)C(=O)OCC. The van der Waals surface area contributed by atoms with Crippen molar-refractivity contribution in [1.29, 1.82) is 0 Å². The van der Waals surface area contributed by atoms with Crippen LogP contribution in [0.25, 0.3) is 0 Å². The molecule has 0 heterocycles. The van der Waals surface area contributed by atoms with Gasteiger partial charge < -0.3 is 14.6 Å². The van der Waals surface area contributed by atoms with Crippen molar-refractivity contribution in [3.05, 3.63) is 29.3 Å². The number of rotatable bonds is 7. The topological polar surface area (TPSA) is 55.8 Å². The second-order valence-electron chi connectivity index (χ2n) is 4.86. The molecule has 4 heteroatoms. The first-order valence-corrected chi connectivity index (χ1v) is 7.11. The Hall–Kier alpha value is -1.55. The molecule has 0 aliphatic carbocycles. The maximum absolute atomic E-state index is 11.9. The van der Waals surface area contributed by atoms with Crippen molar-refractivity contribution in [3.63, 3.8) is 0 Å². The van der Waals surface area contributed by atoms with Gasteiger partial charge in [-0.05, 0) is 39.3 Å². The molecule has 1 aromatic carbocycles. The molecular weight excluding hydrogens is 256 g/mol. The van der Waals surface area contributed by atoms with E-state index >= 15 is 0 Å². The van der Waals surface area contributed by atoms with Gasteiger partial charge in [0.15, 0.2) is 6.10 Å². The summed E-state index contributed by atoms with van der Waals surface area (Å²) in [6.45, 7) is 7.72. The van der Waals surface area contributed by atoms with Crippen LogP contribution in [-0.2, 0) is 9.53 Å². The largest absolute Gasteiger partial charge is 0.478 e. The van der Waals surface area contributed by atoms with E-state index in [1.807, 2.05) is 26.0 Å². The number of hydrogen-bond acceptors (Lipinski definition) is 4. The van der Waals surface area contributed by atoms with Crippen molar-refractivity contribution in [2.75, 3.05) is 6.61 Å². The average molecular weight is 280 g/mol. The highest BCUT2D eigenvalue weighted by atomic mass is 16.6. The van der Waals surface area contributed by atoms with E-state index < -0.39 is 12.2 Å². The minimum absolute atomic E-state index is 0.333. The molecule has 1 unspecified atom stereocenters. The number of hydrogen-bond donors (Lipinski definition) is 1. The molecule has 0 saturated heterocycles. The van der Waals surface area contributed by atoms with Gasteiger partial charge >= 0.3 is 5.97 Å². The monoisotopic (exact) mass is 280 g/mol. The molecule has 20 heavy (non-hydrogen) atoms. The number of ether oxygens (including phenoxy) is 2. The van der Waals surface area contributed by atoms with Gasteiger partial charge in [0, 0.05) is 5.56 Å². The highest BCUT2D eigenvalue weighted by molar-refractivity contribution is 5.75.